The van der Waals surface area contributed by atoms with Crippen molar-refractivity contribution in [2.45, 2.75) is 13.1 Å². The first-order chi connectivity index (χ1) is 11.3. The quantitative estimate of drug-likeness (QED) is 0.783. The first-order valence-corrected chi connectivity index (χ1v) is 7.52. The largest absolute Gasteiger partial charge is 0.296 e. The molecule has 4 heteroatoms. The number of aromatic amines is 1. The van der Waals surface area contributed by atoms with Gasteiger partial charge >= 0.3 is 0 Å². The third kappa shape index (κ3) is 3.65. The molecule has 0 unspecified atom stereocenters. The van der Waals surface area contributed by atoms with Gasteiger partial charge in [0.2, 0.25) is 0 Å². The summed E-state index contributed by atoms with van der Waals surface area (Å²) in [5.74, 6) is 0. The average molecular weight is 302 g/mol. The molecule has 3 rings (SSSR count). The minimum Gasteiger partial charge on any atom is -0.296 e. The number of hydrogen-bond acceptors (Lipinski definition) is 3. The van der Waals surface area contributed by atoms with Gasteiger partial charge in [-0.2, -0.15) is 10.4 Å². The fraction of sp³-hybridized carbons (Fsp3) is 0.158. The molecule has 0 atom stereocenters. The monoisotopic (exact) mass is 302 g/mol. The molecule has 0 saturated heterocycles. The lowest BCUT2D eigenvalue weighted by Gasteiger charge is -2.16. The number of nitriles is 1. The van der Waals surface area contributed by atoms with Crippen molar-refractivity contribution in [3.05, 3.63) is 77.5 Å². The molecule has 0 radical (unpaired) electrons. The number of nitrogens with zero attached hydrogens (tertiary/aromatic N) is 3. The van der Waals surface area contributed by atoms with Gasteiger partial charge in [-0.25, -0.2) is 0 Å². The number of hydrogen-bond donors (Lipinski definition) is 1. The van der Waals surface area contributed by atoms with Crippen LogP contribution in [0.1, 0.15) is 16.8 Å². The number of nitrogens with one attached hydrogen (secondary N) is 1. The van der Waals surface area contributed by atoms with Crippen molar-refractivity contribution in [2.75, 3.05) is 7.05 Å². The molecule has 1 N–H and O–H groups in total. The van der Waals surface area contributed by atoms with E-state index in [1.54, 1.807) is 0 Å². The first-order valence-electron chi connectivity index (χ1n) is 7.52. The van der Waals surface area contributed by atoms with Crippen LogP contribution in [0, 0.1) is 11.3 Å². The van der Waals surface area contributed by atoms with Crippen LogP contribution in [0.15, 0.2) is 60.7 Å². The second-order valence-corrected chi connectivity index (χ2v) is 5.59. The van der Waals surface area contributed by atoms with Crippen molar-refractivity contribution in [1.29, 1.82) is 5.26 Å². The van der Waals surface area contributed by atoms with Gasteiger partial charge in [0.05, 0.1) is 17.3 Å². The molecular formula is C19H18N4. The lowest BCUT2D eigenvalue weighted by Crippen LogP contribution is -2.18. The zero-order chi connectivity index (χ0) is 16.1. The summed E-state index contributed by atoms with van der Waals surface area (Å²) in [6.45, 7) is 1.48. The number of aromatic nitrogens is 2. The Morgan fingerprint density at radius 2 is 1.78 bits per heavy atom. The fourth-order valence-electron chi connectivity index (χ4n) is 2.60. The maximum atomic E-state index is 9.17. The average Bonchev–Trinajstić information content (AvgIpc) is 3.04. The lowest BCUT2D eigenvalue weighted by molar-refractivity contribution is 0.314. The number of H-pyrrole nitrogens is 1. The van der Waals surface area contributed by atoms with E-state index in [2.05, 4.69) is 27.2 Å². The summed E-state index contributed by atoms with van der Waals surface area (Å²) in [4.78, 5) is 2.17. The minimum absolute atomic E-state index is 0.726. The van der Waals surface area contributed by atoms with Gasteiger partial charge in [-0.1, -0.05) is 48.5 Å². The summed E-state index contributed by atoms with van der Waals surface area (Å²) in [5, 5.41) is 16.6. The second kappa shape index (κ2) is 6.91. The highest BCUT2D eigenvalue weighted by Gasteiger charge is 2.08. The number of benzene rings is 2. The molecule has 0 aliphatic carbocycles. The van der Waals surface area contributed by atoms with Gasteiger partial charge < -0.3 is 0 Å². The highest BCUT2D eigenvalue weighted by atomic mass is 15.2. The molecule has 1 aromatic heterocycles. The third-order valence-corrected chi connectivity index (χ3v) is 3.72. The summed E-state index contributed by atoms with van der Waals surface area (Å²) in [6.07, 6.45) is 0. The zero-order valence-corrected chi connectivity index (χ0v) is 13.0. The van der Waals surface area contributed by atoms with Crippen molar-refractivity contribution < 1.29 is 0 Å². The van der Waals surface area contributed by atoms with Crippen LogP contribution >= 0.6 is 0 Å². The van der Waals surface area contributed by atoms with Gasteiger partial charge in [0.15, 0.2) is 0 Å². The van der Waals surface area contributed by atoms with Gasteiger partial charge in [-0.15, -0.1) is 0 Å². The molecule has 0 aliphatic heterocycles. The number of rotatable bonds is 5. The van der Waals surface area contributed by atoms with E-state index in [4.69, 9.17) is 5.26 Å². The van der Waals surface area contributed by atoms with Crippen molar-refractivity contribution >= 4 is 0 Å². The van der Waals surface area contributed by atoms with E-state index >= 15 is 0 Å². The van der Waals surface area contributed by atoms with Crippen molar-refractivity contribution in [1.82, 2.24) is 15.1 Å². The molecule has 0 amide bonds. The van der Waals surface area contributed by atoms with Crippen molar-refractivity contribution in [3.63, 3.8) is 0 Å². The molecule has 1 heterocycles. The van der Waals surface area contributed by atoms with Crippen LogP contribution in [-0.4, -0.2) is 22.1 Å². The van der Waals surface area contributed by atoms with Gasteiger partial charge in [0.1, 0.15) is 0 Å². The van der Waals surface area contributed by atoms with Crippen molar-refractivity contribution in [2.24, 2.45) is 0 Å². The van der Waals surface area contributed by atoms with E-state index in [-0.39, 0.29) is 0 Å². The van der Waals surface area contributed by atoms with Gasteiger partial charge in [-0.3, -0.25) is 10.00 Å². The Hall–Kier alpha value is -2.90. The topological polar surface area (TPSA) is 55.7 Å². The Bertz CT molecular complexity index is 815. The Labute approximate surface area is 136 Å². The molecule has 114 valence electrons. The molecule has 0 aliphatic rings. The summed E-state index contributed by atoms with van der Waals surface area (Å²) in [5.41, 5.74) is 4.88. The summed E-state index contributed by atoms with van der Waals surface area (Å²) in [6, 6.07) is 22.1. The molecule has 23 heavy (non-hydrogen) atoms. The van der Waals surface area contributed by atoms with Crippen LogP contribution in [0.3, 0.4) is 0 Å². The Balaban J connectivity index is 1.68. The van der Waals surface area contributed by atoms with E-state index in [9.17, 15) is 0 Å². The summed E-state index contributed by atoms with van der Waals surface area (Å²) >= 11 is 0. The van der Waals surface area contributed by atoms with Crippen LogP contribution in [0.5, 0.6) is 0 Å². The van der Waals surface area contributed by atoms with Crippen LogP contribution in [-0.2, 0) is 13.1 Å². The predicted molar refractivity (Wildman–Crippen MR) is 90.4 cm³/mol. The second-order valence-electron chi connectivity index (χ2n) is 5.59. The third-order valence-electron chi connectivity index (χ3n) is 3.72. The van der Waals surface area contributed by atoms with E-state index < -0.39 is 0 Å². The Morgan fingerprint density at radius 3 is 2.57 bits per heavy atom. The summed E-state index contributed by atoms with van der Waals surface area (Å²) < 4.78 is 0. The molecule has 0 fully saturated rings. The van der Waals surface area contributed by atoms with Gasteiger partial charge in [0.25, 0.3) is 0 Å². The Morgan fingerprint density at radius 1 is 1.04 bits per heavy atom. The van der Waals surface area contributed by atoms with Crippen LogP contribution in [0.25, 0.3) is 11.3 Å². The maximum absolute atomic E-state index is 9.17. The van der Waals surface area contributed by atoms with E-state index in [0.717, 1.165) is 41.2 Å². The predicted octanol–water partition coefficient (Wildman–Crippen LogP) is 3.58. The van der Waals surface area contributed by atoms with Crippen LogP contribution in [0.2, 0.25) is 0 Å². The highest BCUT2D eigenvalue weighted by molar-refractivity contribution is 5.58. The normalized spacial score (nSPS) is 10.7. The van der Waals surface area contributed by atoms with E-state index in [1.165, 1.54) is 0 Å². The van der Waals surface area contributed by atoms with Gasteiger partial charge in [-0.05, 0) is 24.7 Å². The Kier molecular flexibility index (Phi) is 4.51. The van der Waals surface area contributed by atoms with Gasteiger partial charge in [0, 0.05) is 24.3 Å². The van der Waals surface area contributed by atoms with E-state index in [1.807, 2.05) is 61.6 Å². The lowest BCUT2D eigenvalue weighted by atomic mass is 10.1. The highest BCUT2D eigenvalue weighted by Crippen LogP contribution is 2.18. The molecule has 0 bridgehead atoms. The van der Waals surface area contributed by atoms with E-state index in [0.29, 0.717) is 0 Å². The zero-order valence-electron chi connectivity index (χ0n) is 13.0. The van der Waals surface area contributed by atoms with Crippen LogP contribution in [0.4, 0.5) is 0 Å². The molecule has 0 saturated carbocycles. The molecule has 2 aromatic carbocycles. The molecule has 0 spiro atoms. The maximum Gasteiger partial charge on any atom is 0.0995 e. The first kappa shape index (κ1) is 15.0. The fourth-order valence-corrected chi connectivity index (χ4v) is 2.60. The smallest absolute Gasteiger partial charge is 0.0995 e. The molecule has 3 aromatic rings. The molecule has 4 nitrogen and oxygen atoms in total. The van der Waals surface area contributed by atoms with Crippen LogP contribution < -0.4 is 0 Å². The SMILES string of the molecule is CN(Cc1cc(-c2ccccc2)n[nH]1)Cc1ccccc1C#N. The summed E-state index contributed by atoms with van der Waals surface area (Å²) in [7, 11) is 2.04. The molecular weight excluding hydrogens is 284 g/mol. The minimum atomic E-state index is 0.726. The van der Waals surface area contributed by atoms with Crippen molar-refractivity contribution in [3.8, 4) is 17.3 Å². The standard InChI is InChI=1S/C19H18N4/c1-23(13-17-10-6-5-9-16(17)12-20)14-18-11-19(22-21-18)15-7-3-2-4-8-15/h2-11H,13-14H2,1H3,(H,21,22).